The molecule has 0 fully saturated rings. The highest BCUT2D eigenvalue weighted by molar-refractivity contribution is 7.15. The lowest BCUT2D eigenvalue weighted by atomic mass is 10.0. The Labute approximate surface area is 143 Å². The summed E-state index contributed by atoms with van der Waals surface area (Å²) in [5.74, 6) is -0.491. The van der Waals surface area contributed by atoms with Crippen LogP contribution < -0.4 is 10.6 Å². The van der Waals surface area contributed by atoms with Crippen LogP contribution in [-0.2, 0) is 16.0 Å². The lowest BCUT2D eigenvalue weighted by Gasteiger charge is -2.16. The molecular formula is C17H18N4O2S. The molecule has 0 spiro atoms. The summed E-state index contributed by atoms with van der Waals surface area (Å²) in [7, 11) is 0. The monoisotopic (exact) mass is 342 g/mol. The fourth-order valence-electron chi connectivity index (χ4n) is 2.60. The molecule has 1 atom stereocenters. The zero-order valence-corrected chi connectivity index (χ0v) is 14.2. The van der Waals surface area contributed by atoms with Crippen LogP contribution in [0, 0.1) is 6.92 Å². The maximum Gasteiger partial charge on any atom is 0.247 e. The minimum Gasteiger partial charge on any atom is -0.361 e. The normalized spacial score (nSPS) is 12.1. The van der Waals surface area contributed by atoms with Gasteiger partial charge < -0.3 is 15.6 Å². The zero-order valence-electron chi connectivity index (χ0n) is 13.4. The van der Waals surface area contributed by atoms with Crippen molar-refractivity contribution in [3.63, 3.8) is 0 Å². The van der Waals surface area contributed by atoms with Crippen molar-refractivity contribution in [2.45, 2.75) is 26.3 Å². The first kappa shape index (κ1) is 16.2. The average Bonchev–Trinajstić information content (AvgIpc) is 3.13. The van der Waals surface area contributed by atoms with E-state index in [1.54, 1.807) is 6.20 Å². The first-order valence-electron chi connectivity index (χ1n) is 7.58. The molecule has 0 bridgehead atoms. The highest BCUT2D eigenvalue weighted by Gasteiger charge is 2.22. The van der Waals surface area contributed by atoms with E-state index in [-0.39, 0.29) is 11.8 Å². The summed E-state index contributed by atoms with van der Waals surface area (Å²) in [5, 5.41) is 8.15. The number of carbonyl (C=O) groups excluding carboxylic acids is 2. The Morgan fingerprint density at radius 1 is 1.33 bits per heavy atom. The van der Waals surface area contributed by atoms with Crippen LogP contribution in [0.2, 0.25) is 0 Å². The molecule has 0 radical (unpaired) electrons. The van der Waals surface area contributed by atoms with E-state index in [1.807, 2.05) is 37.4 Å². The quantitative estimate of drug-likeness (QED) is 0.666. The first-order chi connectivity index (χ1) is 11.5. The molecule has 1 aromatic carbocycles. The lowest BCUT2D eigenvalue weighted by molar-refractivity contribution is -0.125. The van der Waals surface area contributed by atoms with Crippen molar-refractivity contribution >= 4 is 39.1 Å². The maximum absolute atomic E-state index is 12.6. The van der Waals surface area contributed by atoms with Crippen molar-refractivity contribution in [1.29, 1.82) is 0 Å². The molecule has 0 saturated carbocycles. The second-order valence-corrected chi connectivity index (χ2v) is 6.78. The number of hydrogen-bond donors (Lipinski definition) is 3. The van der Waals surface area contributed by atoms with Crippen molar-refractivity contribution in [3.05, 3.63) is 47.2 Å². The maximum atomic E-state index is 12.6. The third kappa shape index (κ3) is 3.62. The molecule has 2 heterocycles. The Balaban J connectivity index is 1.80. The minimum absolute atomic E-state index is 0.240. The molecule has 0 unspecified atom stereocenters. The number of fused-ring (bicyclic) bond motifs is 1. The van der Waals surface area contributed by atoms with Gasteiger partial charge in [0.05, 0.1) is 11.2 Å². The summed E-state index contributed by atoms with van der Waals surface area (Å²) in [6.45, 7) is 3.28. The Hall–Kier alpha value is -2.67. The second kappa shape index (κ2) is 6.84. The zero-order chi connectivity index (χ0) is 17.1. The summed E-state index contributed by atoms with van der Waals surface area (Å²) in [4.78, 5) is 31.4. The van der Waals surface area contributed by atoms with Gasteiger partial charge in [0.2, 0.25) is 11.8 Å². The Morgan fingerprint density at radius 3 is 2.83 bits per heavy atom. The molecule has 0 aliphatic carbocycles. The number of aromatic amines is 1. The number of rotatable bonds is 5. The van der Waals surface area contributed by atoms with E-state index in [0.29, 0.717) is 11.4 Å². The molecule has 0 aliphatic heterocycles. The van der Waals surface area contributed by atoms with Crippen molar-refractivity contribution in [2.75, 3.05) is 5.32 Å². The van der Waals surface area contributed by atoms with Gasteiger partial charge in [0.1, 0.15) is 11.0 Å². The number of thiazole rings is 1. The van der Waals surface area contributed by atoms with E-state index in [4.69, 9.17) is 0 Å². The average molecular weight is 342 g/mol. The molecular weight excluding hydrogens is 324 g/mol. The third-order valence-corrected chi connectivity index (χ3v) is 4.49. The summed E-state index contributed by atoms with van der Waals surface area (Å²) in [5.41, 5.74) is 1.99. The van der Waals surface area contributed by atoms with Gasteiger partial charge in [0.25, 0.3) is 0 Å². The molecule has 24 heavy (non-hydrogen) atoms. The van der Waals surface area contributed by atoms with Crippen LogP contribution in [-0.4, -0.2) is 27.8 Å². The summed E-state index contributed by atoms with van der Waals surface area (Å²) in [6.07, 6.45) is 3.91. The van der Waals surface area contributed by atoms with Gasteiger partial charge in [-0.05, 0) is 18.6 Å². The van der Waals surface area contributed by atoms with Crippen LogP contribution in [0.5, 0.6) is 0 Å². The van der Waals surface area contributed by atoms with Gasteiger partial charge in [0, 0.05) is 30.4 Å². The van der Waals surface area contributed by atoms with Gasteiger partial charge >= 0.3 is 0 Å². The van der Waals surface area contributed by atoms with E-state index in [9.17, 15) is 9.59 Å². The number of anilines is 1. The SMILES string of the molecule is CC(=O)N[C@@H](Cc1c[nH]c2ccccc12)C(=O)Nc1cnc(C)s1. The lowest BCUT2D eigenvalue weighted by Crippen LogP contribution is -2.44. The number of aromatic nitrogens is 2. The summed E-state index contributed by atoms with van der Waals surface area (Å²) >= 11 is 1.40. The second-order valence-electron chi connectivity index (χ2n) is 5.55. The Kier molecular flexibility index (Phi) is 4.61. The van der Waals surface area contributed by atoms with Crippen LogP contribution in [0.3, 0.4) is 0 Å². The predicted molar refractivity (Wildman–Crippen MR) is 95.1 cm³/mol. The fourth-order valence-corrected chi connectivity index (χ4v) is 3.28. The van der Waals surface area contributed by atoms with Crippen molar-refractivity contribution < 1.29 is 9.59 Å². The number of carbonyl (C=O) groups is 2. The molecule has 0 aliphatic rings. The van der Waals surface area contributed by atoms with Crippen molar-refractivity contribution in [2.24, 2.45) is 0 Å². The van der Waals surface area contributed by atoms with Gasteiger partial charge in [-0.25, -0.2) is 4.98 Å². The Bertz CT molecular complexity index is 883. The van der Waals surface area contributed by atoms with E-state index >= 15 is 0 Å². The standard InChI is InChI=1S/C17H18N4O2S/c1-10(22)20-15(17(23)21-16-9-18-11(2)24-16)7-12-8-19-14-6-4-3-5-13(12)14/h3-6,8-9,15,19H,7H2,1-2H3,(H,20,22)(H,21,23)/t15-/m0/s1. The van der Waals surface area contributed by atoms with Gasteiger partial charge in [0.15, 0.2) is 0 Å². The smallest absolute Gasteiger partial charge is 0.247 e. The number of nitrogens with zero attached hydrogens (tertiary/aromatic N) is 1. The number of benzene rings is 1. The molecule has 6 nitrogen and oxygen atoms in total. The van der Waals surface area contributed by atoms with Crippen LogP contribution >= 0.6 is 11.3 Å². The van der Waals surface area contributed by atoms with Gasteiger partial charge in [-0.2, -0.15) is 0 Å². The Morgan fingerprint density at radius 2 is 2.12 bits per heavy atom. The minimum atomic E-state index is -0.649. The molecule has 0 saturated heterocycles. The van der Waals surface area contributed by atoms with E-state index < -0.39 is 6.04 Å². The van der Waals surface area contributed by atoms with Gasteiger partial charge in [-0.3, -0.25) is 9.59 Å². The summed E-state index contributed by atoms with van der Waals surface area (Å²) in [6, 6.07) is 7.23. The molecule has 2 amide bonds. The van der Waals surface area contributed by atoms with E-state index in [2.05, 4.69) is 20.6 Å². The number of aryl methyl sites for hydroxylation is 1. The fraction of sp³-hybridized carbons (Fsp3) is 0.235. The number of hydrogen-bond acceptors (Lipinski definition) is 4. The molecule has 124 valence electrons. The number of para-hydroxylation sites is 1. The number of amides is 2. The van der Waals surface area contributed by atoms with Crippen LogP contribution in [0.25, 0.3) is 10.9 Å². The predicted octanol–water partition coefficient (Wildman–Crippen LogP) is 2.62. The largest absolute Gasteiger partial charge is 0.361 e. The van der Waals surface area contributed by atoms with Crippen LogP contribution in [0.4, 0.5) is 5.00 Å². The topological polar surface area (TPSA) is 86.9 Å². The molecule has 3 aromatic rings. The van der Waals surface area contributed by atoms with E-state index in [1.165, 1.54) is 18.3 Å². The molecule has 7 heteroatoms. The summed E-state index contributed by atoms with van der Waals surface area (Å²) < 4.78 is 0. The van der Waals surface area contributed by atoms with Crippen molar-refractivity contribution in [3.8, 4) is 0 Å². The molecule has 2 aromatic heterocycles. The van der Waals surface area contributed by atoms with Gasteiger partial charge in [-0.1, -0.05) is 18.2 Å². The van der Waals surface area contributed by atoms with Crippen molar-refractivity contribution in [1.82, 2.24) is 15.3 Å². The third-order valence-electron chi connectivity index (χ3n) is 3.66. The molecule has 3 rings (SSSR count). The molecule has 3 N–H and O–H groups in total. The van der Waals surface area contributed by atoms with Gasteiger partial charge in [-0.15, -0.1) is 11.3 Å². The highest BCUT2D eigenvalue weighted by atomic mass is 32.1. The van der Waals surface area contributed by atoms with Crippen LogP contribution in [0.15, 0.2) is 36.7 Å². The highest BCUT2D eigenvalue weighted by Crippen LogP contribution is 2.21. The van der Waals surface area contributed by atoms with E-state index in [0.717, 1.165) is 21.5 Å². The number of H-pyrrole nitrogens is 1. The van der Waals surface area contributed by atoms with Crippen LogP contribution in [0.1, 0.15) is 17.5 Å². The number of nitrogens with one attached hydrogen (secondary N) is 3. The first-order valence-corrected chi connectivity index (χ1v) is 8.40.